The van der Waals surface area contributed by atoms with Crippen molar-refractivity contribution in [3.05, 3.63) is 35.4 Å². The number of carboxylic acids is 1. The van der Waals surface area contributed by atoms with E-state index >= 15 is 0 Å². The van der Waals surface area contributed by atoms with E-state index in [0.29, 0.717) is 25.1 Å². The van der Waals surface area contributed by atoms with Gasteiger partial charge in [0.25, 0.3) is 0 Å². The summed E-state index contributed by atoms with van der Waals surface area (Å²) in [5.74, 6) is -1.38. The summed E-state index contributed by atoms with van der Waals surface area (Å²) in [7, 11) is 0. The van der Waals surface area contributed by atoms with E-state index < -0.39 is 17.3 Å². The topological polar surface area (TPSA) is 113 Å². The lowest BCUT2D eigenvalue weighted by Gasteiger charge is -2.25. The SMILES string of the molecule is CC(C)(CCNC(=O)N(Cc1cccc(C(N)=O)c1)C1CC1)C(=O)O. The maximum absolute atomic E-state index is 12.5. The van der Waals surface area contributed by atoms with Crippen LogP contribution in [0.3, 0.4) is 0 Å². The maximum atomic E-state index is 12.5. The molecular formula is C18H25N3O4. The fourth-order valence-electron chi connectivity index (χ4n) is 2.46. The quantitative estimate of drug-likeness (QED) is 0.667. The second-order valence-electron chi connectivity index (χ2n) is 7.09. The number of urea groups is 1. The van der Waals surface area contributed by atoms with Gasteiger partial charge in [0.2, 0.25) is 5.91 Å². The van der Waals surface area contributed by atoms with Crippen LogP contribution >= 0.6 is 0 Å². The third-order valence-electron chi connectivity index (χ3n) is 4.42. The molecule has 0 bridgehead atoms. The van der Waals surface area contributed by atoms with E-state index in [0.717, 1.165) is 18.4 Å². The van der Waals surface area contributed by atoms with Gasteiger partial charge in [0.1, 0.15) is 0 Å². The van der Waals surface area contributed by atoms with Crippen molar-refractivity contribution in [1.29, 1.82) is 0 Å². The summed E-state index contributed by atoms with van der Waals surface area (Å²) in [6.45, 7) is 3.95. The Bertz CT molecular complexity index is 668. The highest BCUT2D eigenvalue weighted by Crippen LogP contribution is 2.28. The van der Waals surface area contributed by atoms with Crippen LogP contribution in [0.15, 0.2) is 24.3 Å². The zero-order valence-corrected chi connectivity index (χ0v) is 14.6. The number of nitrogens with two attached hydrogens (primary N) is 1. The van der Waals surface area contributed by atoms with Gasteiger partial charge in [-0.05, 0) is 50.8 Å². The minimum atomic E-state index is -0.885. The highest BCUT2D eigenvalue weighted by molar-refractivity contribution is 5.92. The molecular weight excluding hydrogens is 322 g/mol. The van der Waals surface area contributed by atoms with Crippen molar-refractivity contribution in [2.45, 2.75) is 45.7 Å². The van der Waals surface area contributed by atoms with Gasteiger partial charge < -0.3 is 21.1 Å². The number of nitrogens with zero attached hydrogens (tertiary/aromatic N) is 1. The largest absolute Gasteiger partial charge is 0.481 e. The first kappa shape index (κ1) is 18.8. The molecule has 0 spiro atoms. The fourth-order valence-corrected chi connectivity index (χ4v) is 2.46. The number of hydrogen-bond acceptors (Lipinski definition) is 3. The first-order chi connectivity index (χ1) is 11.7. The molecule has 2 rings (SSSR count). The van der Waals surface area contributed by atoms with E-state index in [1.165, 1.54) is 0 Å². The van der Waals surface area contributed by atoms with Crippen molar-refractivity contribution < 1.29 is 19.5 Å². The van der Waals surface area contributed by atoms with Crippen molar-refractivity contribution in [2.24, 2.45) is 11.1 Å². The first-order valence-electron chi connectivity index (χ1n) is 8.37. The average molecular weight is 347 g/mol. The highest BCUT2D eigenvalue weighted by Gasteiger charge is 2.33. The van der Waals surface area contributed by atoms with E-state index in [2.05, 4.69) is 5.32 Å². The van der Waals surface area contributed by atoms with E-state index in [1.807, 2.05) is 6.07 Å². The summed E-state index contributed by atoms with van der Waals surface area (Å²) in [5.41, 5.74) is 5.67. The number of primary amides is 1. The van der Waals surface area contributed by atoms with Gasteiger partial charge in [-0.3, -0.25) is 9.59 Å². The Labute approximate surface area is 147 Å². The number of carbonyl (C=O) groups is 3. The van der Waals surface area contributed by atoms with E-state index in [4.69, 9.17) is 10.8 Å². The van der Waals surface area contributed by atoms with Gasteiger partial charge in [-0.1, -0.05) is 12.1 Å². The Morgan fingerprint density at radius 2 is 2.00 bits per heavy atom. The Morgan fingerprint density at radius 1 is 1.32 bits per heavy atom. The summed E-state index contributed by atoms with van der Waals surface area (Å²) >= 11 is 0. The first-order valence-corrected chi connectivity index (χ1v) is 8.37. The highest BCUT2D eigenvalue weighted by atomic mass is 16.4. The van der Waals surface area contributed by atoms with Gasteiger partial charge in [-0.2, -0.15) is 0 Å². The van der Waals surface area contributed by atoms with E-state index in [9.17, 15) is 14.4 Å². The molecule has 0 atom stereocenters. The molecule has 25 heavy (non-hydrogen) atoms. The Balaban J connectivity index is 1.96. The van der Waals surface area contributed by atoms with Crippen LogP contribution in [0.2, 0.25) is 0 Å². The lowest BCUT2D eigenvalue weighted by Crippen LogP contribution is -2.42. The molecule has 1 aliphatic rings. The molecule has 0 radical (unpaired) electrons. The molecule has 0 heterocycles. The number of hydrogen-bond donors (Lipinski definition) is 3. The molecule has 1 aromatic carbocycles. The summed E-state index contributed by atoms with van der Waals surface area (Å²) in [6.07, 6.45) is 2.25. The summed E-state index contributed by atoms with van der Waals surface area (Å²) in [4.78, 5) is 36.6. The van der Waals surface area contributed by atoms with Crippen LogP contribution in [0.25, 0.3) is 0 Å². The standard InChI is InChI=1S/C18H25N3O4/c1-18(2,16(23)24)8-9-20-17(25)21(14-6-7-14)11-12-4-3-5-13(10-12)15(19)22/h3-5,10,14H,6-9,11H2,1-2H3,(H2,19,22)(H,20,25)(H,23,24). The number of rotatable bonds is 8. The van der Waals surface area contributed by atoms with Crippen LogP contribution in [0, 0.1) is 5.41 Å². The molecule has 1 aromatic rings. The van der Waals surface area contributed by atoms with Crippen molar-refractivity contribution in [2.75, 3.05) is 6.54 Å². The lowest BCUT2D eigenvalue weighted by atomic mass is 9.90. The summed E-state index contributed by atoms with van der Waals surface area (Å²) < 4.78 is 0. The van der Waals surface area contributed by atoms with Crippen LogP contribution in [0.1, 0.15) is 49.0 Å². The average Bonchev–Trinajstić information content (AvgIpc) is 3.37. The molecule has 4 N–H and O–H groups in total. The molecule has 0 aromatic heterocycles. The van der Waals surface area contributed by atoms with Crippen LogP contribution in [0.5, 0.6) is 0 Å². The number of carboxylic acid groups (broad SMARTS) is 1. The predicted octanol–water partition coefficient (Wildman–Crippen LogP) is 1.96. The zero-order valence-electron chi connectivity index (χ0n) is 14.6. The lowest BCUT2D eigenvalue weighted by molar-refractivity contribution is -0.147. The third-order valence-corrected chi connectivity index (χ3v) is 4.42. The molecule has 136 valence electrons. The van der Waals surface area contributed by atoms with Crippen molar-refractivity contribution in [3.8, 4) is 0 Å². The Morgan fingerprint density at radius 3 is 2.56 bits per heavy atom. The number of benzene rings is 1. The smallest absolute Gasteiger partial charge is 0.317 e. The number of nitrogens with one attached hydrogen (secondary N) is 1. The Hall–Kier alpha value is -2.57. The molecule has 7 heteroatoms. The van der Waals surface area contributed by atoms with E-state index in [-0.39, 0.29) is 12.1 Å². The fraction of sp³-hybridized carbons (Fsp3) is 0.500. The molecule has 1 fully saturated rings. The van der Waals surface area contributed by atoms with Gasteiger partial charge in [0.05, 0.1) is 5.41 Å². The van der Waals surface area contributed by atoms with Gasteiger partial charge in [0.15, 0.2) is 0 Å². The van der Waals surface area contributed by atoms with Gasteiger partial charge >= 0.3 is 12.0 Å². The normalized spacial score (nSPS) is 14.0. The molecule has 3 amide bonds. The molecule has 0 unspecified atom stereocenters. The van der Waals surface area contributed by atoms with Gasteiger partial charge in [-0.25, -0.2) is 4.79 Å². The zero-order chi connectivity index (χ0) is 18.6. The maximum Gasteiger partial charge on any atom is 0.317 e. The minimum absolute atomic E-state index is 0.185. The second kappa shape index (κ2) is 7.55. The van der Waals surface area contributed by atoms with Crippen LogP contribution in [0.4, 0.5) is 4.79 Å². The Kier molecular flexibility index (Phi) is 5.66. The second-order valence-corrected chi connectivity index (χ2v) is 7.09. The number of carbonyl (C=O) groups excluding carboxylic acids is 2. The molecule has 7 nitrogen and oxygen atoms in total. The number of amides is 3. The van der Waals surface area contributed by atoms with Crippen molar-refractivity contribution >= 4 is 17.9 Å². The molecule has 1 aliphatic carbocycles. The van der Waals surface area contributed by atoms with Gasteiger partial charge in [-0.15, -0.1) is 0 Å². The monoisotopic (exact) mass is 347 g/mol. The van der Waals surface area contributed by atoms with Crippen molar-refractivity contribution in [3.63, 3.8) is 0 Å². The van der Waals surface area contributed by atoms with E-state index in [1.54, 1.807) is 36.9 Å². The molecule has 0 aliphatic heterocycles. The van der Waals surface area contributed by atoms with Crippen LogP contribution in [-0.4, -0.2) is 40.5 Å². The van der Waals surface area contributed by atoms with Crippen LogP contribution < -0.4 is 11.1 Å². The van der Waals surface area contributed by atoms with Gasteiger partial charge in [0, 0.05) is 24.7 Å². The molecule has 0 saturated heterocycles. The summed E-state index contributed by atoms with van der Waals surface area (Å²) in [6, 6.07) is 6.90. The summed E-state index contributed by atoms with van der Waals surface area (Å²) in [5, 5.41) is 11.9. The number of aliphatic carboxylic acids is 1. The molecule has 1 saturated carbocycles. The van der Waals surface area contributed by atoms with Crippen molar-refractivity contribution in [1.82, 2.24) is 10.2 Å². The van der Waals surface area contributed by atoms with Crippen LogP contribution in [-0.2, 0) is 11.3 Å². The minimum Gasteiger partial charge on any atom is -0.481 e. The third kappa shape index (κ3) is 5.20. The predicted molar refractivity (Wildman–Crippen MR) is 93.0 cm³/mol.